The average molecular weight is 491 g/mol. The van der Waals surface area contributed by atoms with Gasteiger partial charge in [-0.1, -0.05) is 121 Å². The van der Waals surface area contributed by atoms with Gasteiger partial charge in [-0.15, -0.1) is 0 Å². The Hall–Kier alpha value is -4.09. The third-order valence-electron chi connectivity index (χ3n) is 5.78. The van der Waals surface area contributed by atoms with Gasteiger partial charge in [-0.3, -0.25) is 9.36 Å². The second kappa shape index (κ2) is 11.1. The number of ether oxygens (including phenoxy) is 1. The molecule has 0 aliphatic carbocycles. The first-order valence-electron chi connectivity index (χ1n) is 11.9. The lowest BCUT2D eigenvalue weighted by molar-refractivity contribution is -0.142. The van der Waals surface area contributed by atoms with Crippen LogP contribution in [-0.4, -0.2) is 22.1 Å². The Morgan fingerprint density at radius 2 is 1.31 bits per heavy atom. The molecule has 1 atom stereocenters. The zero-order valence-electron chi connectivity index (χ0n) is 20.0. The molecule has 1 unspecified atom stereocenters. The van der Waals surface area contributed by atoms with Gasteiger partial charge >= 0.3 is 5.97 Å². The third kappa shape index (κ3) is 4.97. The maximum absolute atomic E-state index is 13.1. The lowest BCUT2D eigenvalue weighted by Gasteiger charge is -2.17. The molecule has 1 aromatic heterocycles. The van der Waals surface area contributed by atoms with Crippen molar-refractivity contribution in [2.24, 2.45) is 0 Å². The van der Waals surface area contributed by atoms with Gasteiger partial charge in [0.25, 0.3) is 0 Å². The molecule has 0 spiro atoms. The van der Waals surface area contributed by atoms with Gasteiger partial charge in [0.15, 0.2) is 5.16 Å². The summed E-state index contributed by atoms with van der Waals surface area (Å²) in [6.45, 7) is 2.15. The summed E-state index contributed by atoms with van der Waals surface area (Å²) in [6, 6.07) is 40.3. The fourth-order valence-corrected chi connectivity index (χ4v) is 5.27. The molecule has 5 aromatic rings. The minimum atomic E-state index is -0.553. The van der Waals surface area contributed by atoms with Crippen molar-refractivity contribution >= 4 is 17.7 Å². The first-order valence-corrected chi connectivity index (χ1v) is 12.8. The van der Waals surface area contributed by atoms with Crippen molar-refractivity contribution in [3.8, 4) is 28.2 Å². The van der Waals surface area contributed by atoms with Gasteiger partial charge in [0.1, 0.15) is 5.25 Å². The van der Waals surface area contributed by atoms with Crippen molar-refractivity contribution < 1.29 is 9.53 Å². The van der Waals surface area contributed by atoms with Crippen LogP contribution in [0.1, 0.15) is 17.7 Å². The molecule has 0 saturated carbocycles. The molecule has 0 amide bonds. The third-order valence-corrected chi connectivity index (χ3v) is 6.97. The highest BCUT2D eigenvalue weighted by Gasteiger charge is 2.29. The molecule has 0 bridgehead atoms. The zero-order valence-corrected chi connectivity index (χ0v) is 20.8. The van der Waals surface area contributed by atoms with Gasteiger partial charge in [-0.2, -0.15) is 0 Å². The van der Waals surface area contributed by atoms with Crippen LogP contribution in [0.5, 0.6) is 0 Å². The zero-order chi connectivity index (χ0) is 24.7. The molecule has 178 valence electrons. The quantitative estimate of drug-likeness (QED) is 0.166. The van der Waals surface area contributed by atoms with Crippen molar-refractivity contribution in [3.05, 3.63) is 127 Å². The Morgan fingerprint density at radius 1 is 0.778 bits per heavy atom. The summed E-state index contributed by atoms with van der Waals surface area (Å²) in [5.74, 6) is -0.279. The van der Waals surface area contributed by atoms with Crippen LogP contribution in [0.15, 0.2) is 126 Å². The van der Waals surface area contributed by atoms with E-state index >= 15 is 0 Å². The molecule has 4 aromatic carbocycles. The number of para-hydroxylation sites is 1. The Balaban J connectivity index is 1.74. The highest BCUT2D eigenvalue weighted by molar-refractivity contribution is 8.00. The molecule has 0 saturated heterocycles. The van der Waals surface area contributed by atoms with Crippen LogP contribution in [0.3, 0.4) is 0 Å². The molecule has 1 heterocycles. The first kappa shape index (κ1) is 23.6. The van der Waals surface area contributed by atoms with Crippen molar-refractivity contribution in [3.63, 3.8) is 0 Å². The first-order chi connectivity index (χ1) is 17.8. The fourth-order valence-electron chi connectivity index (χ4n) is 4.16. The normalized spacial score (nSPS) is 11.7. The standard InChI is InChI=1S/C31H26N2O2S/c1-2-35-30(34)29(25-19-11-5-12-20-25)36-31-32-27(23-15-7-3-8-16-23)28(24-17-9-4-10-18-24)33(31)26-21-13-6-14-22-26/h3-22,29H,2H2,1H3. The number of rotatable bonds is 8. The van der Waals surface area contributed by atoms with E-state index in [0.717, 1.165) is 38.9 Å². The summed E-state index contributed by atoms with van der Waals surface area (Å²) in [6.07, 6.45) is 0. The van der Waals surface area contributed by atoms with Crippen LogP contribution in [0.25, 0.3) is 28.2 Å². The van der Waals surface area contributed by atoms with Crippen molar-refractivity contribution in [2.75, 3.05) is 6.61 Å². The van der Waals surface area contributed by atoms with Gasteiger partial charge in [0.05, 0.1) is 18.0 Å². The Morgan fingerprint density at radius 3 is 1.89 bits per heavy atom. The van der Waals surface area contributed by atoms with E-state index in [9.17, 15) is 4.79 Å². The van der Waals surface area contributed by atoms with Crippen LogP contribution in [0, 0.1) is 0 Å². The molecule has 5 heteroatoms. The Kier molecular flexibility index (Phi) is 7.29. The number of nitrogens with zero attached hydrogens (tertiary/aromatic N) is 2. The van der Waals surface area contributed by atoms with Crippen molar-refractivity contribution in [1.82, 2.24) is 9.55 Å². The minimum absolute atomic E-state index is 0.279. The topological polar surface area (TPSA) is 44.1 Å². The van der Waals surface area contributed by atoms with E-state index in [1.54, 1.807) is 0 Å². The van der Waals surface area contributed by atoms with E-state index in [0.29, 0.717) is 6.61 Å². The lowest BCUT2D eigenvalue weighted by atomic mass is 10.0. The van der Waals surface area contributed by atoms with Gasteiger partial charge in [-0.05, 0) is 24.6 Å². The van der Waals surface area contributed by atoms with Crippen LogP contribution < -0.4 is 0 Å². The van der Waals surface area contributed by atoms with Gasteiger partial charge in [-0.25, -0.2) is 4.98 Å². The number of carbonyl (C=O) groups excluding carboxylic acids is 1. The van der Waals surface area contributed by atoms with E-state index in [2.05, 4.69) is 41.0 Å². The lowest BCUT2D eigenvalue weighted by Crippen LogP contribution is -2.14. The maximum Gasteiger partial charge on any atom is 0.324 e. The molecule has 0 aliphatic rings. The predicted octanol–water partition coefficient (Wildman–Crippen LogP) is 7.60. The molecule has 0 aliphatic heterocycles. The van der Waals surface area contributed by atoms with Crippen molar-refractivity contribution in [2.45, 2.75) is 17.3 Å². The average Bonchev–Trinajstić information content (AvgIpc) is 3.33. The number of benzene rings is 4. The summed E-state index contributed by atoms with van der Waals surface area (Å²) < 4.78 is 7.64. The van der Waals surface area contributed by atoms with E-state index in [4.69, 9.17) is 9.72 Å². The van der Waals surface area contributed by atoms with Crippen LogP contribution in [0.4, 0.5) is 0 Å². The molecule has 0 fully saturated rings. The second-order valence-electron chi connectivity index (χ2n) is 8.16. The van der Waals surface area contributed by atoms with Crippen LogP contribution in [0.2, 0.25) is 0 Å². The Bertz CT molecular complexity index is 1420. The SMILES string of the molecule is CCOC(=O)C(Sc1nc(-c2ccccc2)c(-c2ccccc2)n1-c1ccccc1)c1ccccc1. The van der Waals surface area contributed by atoms with Gasteiger partial charge in [0.2, 0.25) is 0 Å². The van der Waals surface area contributed by atoms with Gasteiger partial charge in [0, 0.05) is 16.8 Å². The monoisotopic (exact) mass is 490 g/mol. The van der Waals surface area contributed by atoms with Crippen LogP contribution in [-0.2, 0) is 9.53 Å². The number of thioether (sulfide) groups is 1. The number of hydrogen-bond acceptors (Lipinski definition) is 4. The number of hydrogen-bond donors (Lipinski definition) is 0. The van der Waals surface area contributed by atoms with Gasteiger partial charge < -0.3 is 4.74 Å². The number of aromatic nitrogens is 2. The molecular formula is C31H26N2O2S. The predicted molar refractivity (Wildman–Crippen MR) is 146 cm³/mol. The molecular weight excluding hydrogens is 464 g/mol. The van der Waals surface area contributed by atoms with Crippen molar-refractivity contribution in [1.29, 1.82) is 0 Å². The number of imidazole rings is 1. The van der Waals surface area contributed by atoms with E-state index in [-0.39, 0.29) is 5.97 Å². The second-order valence-corrected chi connectivity index (χ2v) is 9.23. The number of esters is 1. The maximum atomic E-state index is 13.1. The Labute approximate surface area is 215 Å². The van der Waals surface area contributed by atoms with E-state index in [1.807, 2.05) is 91.9 Å². The summed E-state index contributed by atoms with van der Waals surface area (Å²) in [5.41, 5.74) is 5.76. The summed E-state index contributed by atoms with van der Waals surface area (Å²) >= 11 is 1.41. The summed E-state index contributed by atoms with van der Waals surface area (Å²) in [7, 11) is 0. The van der Waals surface area contributed by atoms with E-state index < -0.39 is 5.25 Å². The molecule has 4 nitrogen and oxygen atoms in total. The summed E-state index contributed by atoms with van der Waals surface area (Å²) in [4.78, 5) is 18.3. The largest absolute Gasteiger partial charge is 0.465 e. The summed E-state index contributed by atoms with van der Waals surface area (Å²) in [5, 5.41) is 0.170. The number of carbonyl (C=O) groups is 1. The highest BCUT2D eigenvalue weighted by Crippen LogP contribution is 2.43. The molecule has 0 N–H and O–H groups in total. The van der Waals surface area contributed by atoms with E-state index in [1.165, 1.54) is 11.8 Å². The molecule has 0 radical (unpaired) electrons. The fraction of sp³-hybridized carbons (Fsp3) is 0.0968. The molecule has 5 rings (SSSR count). The smallest absolute Gasteiger partial charge is 0.324 e. The molecule has 36 heavy (non-hydrogen) atoms. The minimum Gasteiger partial charge on any atom is -0.465 e. The van der Waals surface area contributed by atoms with Crippen LogP contribution >= 0.6 is 11.8 Å². The highest BCUT2D eigenvalue weighted by atomic mass is 32.2.